The van der Waals surface area contributed by atoms with Crippen LogP contribution in [0.25, 0.3) is 11.4 Å². The number of hydrogen-bond acceptors (Lipinski definition) is 4. The van der Waals surface area contributed by atoms with Crippen LogP contribution in [-0.2, 0) is 11.0 Å². The second-order valence-corrected chi connectivity index (χ2v) is 6.94. The first-order chi connectivity index (χ1) is 13.3. The molecule has 1 aliphatic rings. The van der Waals surface area contributed by atoms with Gasteiger partial charge in [-0.15, -0.1) is 0 Å². The number of aryl methyl sites for hydroxylation is 1. The van der Waals surface area contributed by atoms with Crippen LogP contribution in [0.15, 0.2) is 30.3 Å². The second-order valence-electron chi connectivity index (χ2n) is 6.94. The molecule has 1 N–H and O–H groups in total. The van der Waals surface area contributed by atoms with E-state index in [9.17, 15) is 18.0 Å². The zero-order valence-corrected chi connectivity index (χ0v) is 15.6. The zero-order valence-electron chi connectivity index (χ0n) is 15.6. The molecule has 5 nitrogen and oxygen atoms in total. The van der Waals surface area contributed by atoms with E-state index in [-0.39, 0.29) is 30.3 Å². The average molecular weight is 393 g/mol. The molecule has 1 fully saturated rings. The fourth-order valence-electron chi connectivity index (χ4n) is 3.21. The first-order valence-electron chi connectivity index (χ1n) is 9.27. The van der Waals surface area contributed by atoms with Crippen LogP contribution in [-0.4, -0.2) is 28.5 Å². The van der Waals surface area contributed by atoms with E-state index in [0.29, 0.717) is 11.3 Å². The number of hydrogen-bond donors (Lipinski definition) is 1. The van der Waals surface area contributed by atoms with Crippen molar-refractivity contribution in [2.75, 3.05) is 6.61 Å². The average Bonchev–Trinajstić information content (AvgIpc) is 2.66. The van der Waals surface area contributed by atoms with Crippen molar-refractivity contribution in [2.45, 2.75) is 51.2 Å². The number of alkyl halides is 3. The summed E-state index contributed by atoms with van der Waals surface area (Å²) in [5.41, 5.74) is 0.292. The van der Waals surface area contributed by atoms with Crippen LogP contribution >= 0.6 is 0 Å². The van der Waals surface area contributed by atoms with Gasteiger partial charge in [-0.25, -0.2) is 4.98 Å². The summed E-state index contributed by atoms with van der Waals surface area (Å²) in [5, 5.41) is 2.96. The van der Waals surface area contributed by atoms with E-state index < -0.39 is 11.7 Å². The SMILES string of the molecule is Cc1cc(OCC(=O)NC2CCCCC2)nc(-c2ccc(C(F)(F)F)cc2)n1. The number of halogens is 3. The number of aromatic nitrogens is 2. The van der Waals surface area contributed by atoms with Gasteiger partial charge in [-0.2, -0.15) is 18.2 Å². The number of benzene rings is 1. The summed E-state index contributed by atoms with van der Waals surface area (Å²) in [5.74, 6) is 0.247. The van der Waals surface area contributed by atoms with Crippen LogP contribution in [0, 0.1) is 6.92 Å². The summed E-state index contributed by atoms with van der Waals surface area (Å²) < 4.78 is 43.6. The molecule has 1 aliphatic carbocycles. The van der Waals surface area contributed by atoms with E-state index >= 15 is 0 Å². The lowest BCUT2D eigenvalue weighted by molar-refractivity contribution is -0.137. The Morgan fingerprint density at radius 2 is 1.82 bits per heavy atom. The quantitative estimate of drug-likeness (QED) is 0.823. The molecule has 0 atom stereocenters. The van der Waals surface area contributed by atoms with E-state index in [1.807, 2.05) is 0 Å². The molecule has 8 heteroatoms. The smallest absolute Gasteiger partial charge is 0.416 e. The van der Waals surface area contributed by atoms with Crippen molar-refractivity contribution in [3.8, 4) is 17.3 Å². The van der Waals surface area contributed by atoms with E-state index in [0.717, 1.165) is 37.8 Å². The van der Waals surface area contributed by atoms with E-state index in [2.05, 4.69) is 15.3 Å². The number of nitrogens with one attached hydrogen (secondary N) is 1. The summed E-state index contributed by atoms with van der Waals surface area (Å²) >= 11 is 0. The summed E-state index contributed by atoms with van der Waals surface area (Å²) in [6.07, 6.45) is 1.01. The Hall–Kier alpha value is -2.64. The lowest BCUT2D eigenvalue weighted by Gasteiger charge is -2.22. The maximum Gasteiger partial charge on any atom is 0.416 e. The first-order valence-corrected chi connectivity index (χ1v) is 9.27. The van der Waals surface area contributed by atoms with Crippen LogP contribution < -0.4 is 10.1 Å². The molecular weight excluding hydrogens is 371 g/mol. The molecule has 0 aliphatic heterocycles. The number of nitrogens with zero attached hydrogens (tertiary/aromatic N) is 2. The van der Waals surface area contributed by atoms with Gasteiger partial charge in [0.15, 0.2) is 12.4 Å². The van der Waals surface area contributed by atoms with Gasteiger partial charge in [-0.1, -0.05) is 31.4 Å². The van der Waals surface area contributed by atoms with Crippen molar-refractivity contribution in [1.29, 1.82) is 0 Å². The molecular formula is C20H22F3N3O2. The summed E-state index contributed by atoms with van der Waals surface area (Å²) in [4.78, 5) is 20.5. The van der Waals surface area contributed by atoms with Gasteiger partial charge < -0.3 is 10.1 Å². The molecule has 1 aromatic carbocycles. The topological polar surface area (TPSA) is 64.1 Å². The molecule has 1 heterocycles. The molecule has 0 radical (unpaired) electrons. The van der Waals surface area contributed by atoms with E-state index in [1.54, 1.807) is 13.0 Å². The van der Waals surface area contributed by atoms with Gasteiger partial charge >= 0.3 is 6.18 Å². The molecule has 1 amide bonds. The zero-order chi connectivity index (χ0) is 20.1. The highest BCUT2D eigenvalue weighted by Crippen LogP contribution is 2.30. The van der Waals surface area contributed by atoms with Gasteiger partial charge in [-0.3, -0.25) is 4.79 Å². The van der Waals surface area contributed by atoms with Gasteiger partial charge in [0.05, 0.1) is 5.56 Å². The van der Waals surface area contributed by atoms with E-state index in [1.165, 1.54) is 18.6 Å². The molecule has 0 bridgehead atoms. The molecule has 1 saturated carbocycles. The van der Waals surface area contributed by atoms with Gasteiger partial charge in [0.25, 0.3) is 5.91 Å². The predicted octanol–water partition coefficient (Wildman–Crippen LogP) is 4.30. The number of ether oxygens (including phenoxy) is 1. The van der Waals surface area contributed by atoms with Crippen LogP contribution in [0.4, 0.5) is 13.2 Å². The first kappa shape index (κ1) is 20.1. The third-order valence-corrected chi connectivity index (χ3v) is 4.62. The highest BCUT2D eigenvalue weighted by atomic mass is 19.4. The lowest BCUT2D eigenvalue weighted by atomic mass is 9.95. The second kappa shape index (κ2) is 8.58. The minimum Gasteiger partial charge on any atom is -0.467 e. The number of rotatable bonds is 5. The van der Waals surface area contributed by atoms with Gasteiger partial charge in [0, 0.05) is 23.4 Å². The molecule has 0 unspecified atom stereocenters. The maximum absolute atomic E-state index is 12.7. The Balaban J connectivity index is 1.65. The third kappa shape index (κ3) is 5.43. The number of carbonyl (C=O) groups excluding carboxylic acids is 1. The fourth-order valence-corrected chi connectivity index (χ4v) is 3.21. The Kier molecular flexibility index (Phi) is 6.16. The molecule has 1 aromatic heterocycles. The Labute approximate surface area is 161 Å². The molecule has 28 heavy (non-hydrogen) atoms. The normalized spacial score (nSPS) is 15.3. The Bertz CT molecular complexity index is 816. The third-order valence-electron chi connectivity index (χ3n) is 4.62. The van der Waals surface area contributed by atoms with Crippen molar-refractivity contribution in [1.82, 2.24) is 15.3 Å². The van der Waals surface area contributed by atoms with Crippen molar-refractivity contribution in [3.63, 3.8) is 0 Å². The Morgan fingerprint density at radius 3 is 2.46 bits per heavy atom. The molecule has 2 aromatic rings. The van der Waals surface area contributed by atoms with Crippen molar-refractivity contribution >= 4 is 5.91 Å². The maximum atomic E-state index is 12.7. The van der Waals surface area contributed by atoms with Gasteiger partial charge in [0.2, 0.25) is 5.88 Å². The predicted molar refractivity (Wildman–Crippen MR) is 97.7 cm³/mol. The van der Waals surface area contributed by atoms with Crippen LogP contribution in [0.3, 0.4) is 0 Å². The monoisotopic (exact) mass is 393 g/mol. The van der Waals surface area contributed by atoms with Crippen molar-refractivity contribution in [2.24, 2.45) is 0 Å². The van der Waals surface area contributed by atoms with Crippen molar-refractivity contribution < 1.29 is 22.7 Å². The minimum absolute atomic E-state index is 0.167. The van der Waals surface area contributed by atoms with Crippen LogP contribution in [0.5, 0.6) is 5.88 Å². The lowest BCUT2D eigenvalue weighted by Crippen LogP contribution is -2.39. The van der Waals surface area contributed by atoms with Crippen LogP contribution in [0.1, 0.15) is 43.4 Å². The fraction of sp³-hybridized carbons (Fsp3) is 0.450. The number of amides is 1. The summed E-state index contributed by atoms with van der Waals surface area (Å²) in [6, 6.07) is 6.38. The standard InChI is InChI=1S/C20H22F3N3O2/c1-13-11-18(28-12-17(27)25-16-5-3-2-4-6-16)26-19(24-13)14-7-9-15(10-8-14)20(21,22)23/h7-11,16H,2-6,12H2,1H3,(H,25,27). The van der Waals surface area contributed by atoms with E-state index in [4.69, 9.17) is 4.74 Å². The molecule has 0 spiro atoms. The Morgan fingerprint density at radius 1 is 1.14 bits per heavy atom. The highest BCUT2D eigenvalue weighted by Gasteiger charge is 2.30. The van der Waals surface area contributed by atoms with Gasteiger partial charge in [-0.05, 0) is 31.9 Å². The number of carbonyl (C=O) groups is 1. The minimum atomic E-state index is -4.40. The molecule has 3 rings (SSSR count). The van der Waals surface area contributed by atoms with Gasteiger partial charge in [0.1, 0.15) is 0 Å². The largest absolute Gasteiger partial charge is 0.467 e. The van der Waals surface area contributed by atoms with Crippen LogP contribution in [0.2, 0.25) is 0 Å². The molecule has 150 valence electrons. The summed E-state index contributed by atoms with van der Waals surface area (Å²) in [6.45, 7) is 1.56. The molecule has 0 saturated heterocycles. The van der Waals surface area contributed by atoms with Crippen molar-refractivity contribution in [3.05, 3.63) is 41.6 Å². The highest BCUT2D eigenvalue weighted by molar-refractivity contribution is 5.77. The summed E-state index contributed by atoms with van der Waals surface area (Å²) in [7, 11) is 0.